The summed E-state index contributed by atoms with van der Waals surface area (Å²) >= 11 is 0. The molecule has 4 rings (SSSR count). The van der Waals surface area contributed by atoms with Crippen LogP contribution in [0.25, 0.3) is 0 Å². The summed E-state index contributed by atoms with van der Waals surface area (Å²) < 4.78 is 11.4. The maximum atomic E-state index is 12.2. The second-order valence-corrected chi connectivity index (χ2v) is 8.49. The summed E-state index contributed by atoms with van der Waals surface area (Å²) in [7, 11) is 0. The molecule has 4 aliphatic rings. The largest absolute Gasteiger partial charge is 0.438 e. The van der Waals surface area contributed by atoms with Crippen LogP contribution in [-0.2, 0) is 14.3 Å². The predicted octanol–water partition coefficient (Wildman–Crippen LogP) is 4.01. The van der Waals surface area contributed by atoms with E-state index < -0.39 is 5.41 Å². The third-order valence-corrected chi connectivity index (χ3v) is 6.56. The van der Waals surface area contributed by atoms with E-state index in [1.807, 2.05) is 13.8 Å². The average molecular weight is 294 g/mol. The molecule has 0 aromatic rings. The van der Waals surface area contributed by atoms with E-state index in [1.165, 1.54) is 32.1 Å². The van der Waals surface area contributed by atoms with Crippen molar-refractivity contribution in [1.82, 2.24) is 0 Å². The van der Waals surface area contributed by atoms with Gasteiger partial charge in [0.25, 0.3) is 0 Å². The zero-order valence-electron chi connectivity index (χ0n) is 13.9. The Morgan fingerprint density at radius 1 is 1.05 bits per heavy atom. The molecule has 21 heavy (non-hydrogen) atoms. The molecule has 0 heterocycles. The van der Waals surface area contributed by atoms with Gasteiger partial charge in [-0.05, 0) is 75.5 Å². The van der Waals surface area contributed by atoms with Gasteiger partial charge in [-0.3, -0.25) is 4.79 Å². The first-order valence-electron chi connectivity index (χ1n) is 8.66. The Morgan fingerprint density at radius 3 is 2.05 bits per heavy atom. The van der Waals surface area contributed by atoms with Crippen molar-refractivity contribution in [2.75, 3.05) is 6.79 Å². The van der Waals surface area contributed by atoms with Crippen molar-refractivity contribution in [3.8, 4) is 0 Å². The number of hydrogen-bond acceptors (Lipinski definition) is 3. The van der Waals surface area contributed by atoms with Crippen LogP contribution in [0.1, 0.15) is 59.8 Å². The van der Waals surface area contributed by atoms with Crippen molar-refractivity contribution in [3.63, 3.8) is 0 Å². The molecule has 0 N–H and O–H groups in total. The molecule has 0 aromatic carbocycles. The third kappa shape index (κ3) is 2.86. The van der Waals surface area contributed by atoms with Gasteiger partial charge in [-0.25, -0.2) is 0 Å². The highest BCUT2D eigenvalue weighted by Crippen LogP contribution is 2.54. The summed E-state index contributed by atoms with van der Waals surface area (Å²) in [6.07, 6.45) is 7.14. The molecular formula is C18H30O3. The third-order valence-electron chi connectivity index (χ3n) is 6.56. The zero-order valence-corrected chi connectivity index (χ0v) is 13.9. The Hall–Kier alpha value is -0.570. The number of carbonyl (C=O) groups excluding carboxylic acids is 1. The van der Waals surface area contributed by atoms with E-state index in [0.29, 0.717) is 6.10 Å². The maximum absolute atomic E-state index is 12.2. The van der Waals surface area contributed by atoms with Crippen LogP contribution >= 0.6 is 0 Å². The lowest BCUT2D eigenvalue weighted by Gasteiger charge is -2.53. The summed E-state index contributed by atoms with van der Waals surface area (Å²) in [5.41, 5.74) is -0.437. The lowest BCUT2D eigenvalue weighted by molar-refractivity contribution is -0.194. The molecule has 0 radical (unpaired) electrons. The Morgan fingerprint density at radius 2 is 1.57 bits per heavy atom. The molecule has 3 nitrogen and oxygen atoms in total. The Labute approximate surface area is 128 Å². The standard InChI is InChI=1S/C18H30O3/c1-11(2)18(3,4)17(19)21-10-20-16-14-6-12-5-13(8-14)9-15(16)7-12/h11-16H,5-10H2,1-4H3. The van der Waals surface area contributed by atoms with Crippen LogP contribution < -0.4 is 0 Å². The van der Waals surface area contributed by atoms with E-state index in [4.69, 9.17) is 9.47 Å². The topological polar surface area (TPSA) is 35.5 Å². The monoisotopic (exact) mass is 294 g/mol. The first kappa shape index (κ1) is 15.3. The molecule has 0 amide bonds. The van der Waals surface area contributed by atoms with E-state index in [0.717, 1.165) is 23.7 Å². The molecule has 3 heteroatoms. The summed E-state index contributed by atoms with van der Waals surface area (Å²) in [5.74, 6) is 3.48. The van der Waals surface area contributed by atoms with Gasteiger partial charge in [-0.2, -0.15) is 0 Å². The predicted molar refractivity (Wildman–Crippen MR) is 81.5 cm³/mol. The van der Waals surface area contributed by atoms with Crippen LogP contribution in [0, 0.1) is 35.0 Å². The van der Waals surface area contributed by atoms with Gasteiger partial charge in [0.1, 0.15) is 0 Å². The average Bonchev–Trinajstić information content (AvgIpc) is 2.40. The molecule has 0 saturated heterocycles. The van der Waals surface area contributed by atoms with Gasteiger partial charge < -0.3 is 9.47 Å². The van der Waals surface area contributed by atoms with Crippen LogP contribution in [0.2, 0.25) is 0 Å². The molecule has 0 aromatic heterocycles. The number of ether oxygens (including phenoxy) is 2. The van der Waals surface area contributed by atoms with E-state index >= 15 is 0 Å². The van der Waals surface area contributed by atoms with Crippen LogP contribution in [-0.4, -0.2) is 18.9 Å². The summed E-state index contributed by atoms with van der Waals surface area (Å²) in [6, 6.07) is 0. The first-order valence-corrected chi connectivity index (χ1v) is 8.66. The minimum atomic E-state index is -0.437. The molecular weight excluding hydrogens is 264 g/mol. The molecule has 0 aliphatic heterocycles. The van der Waals surface area contributed by atoms with E-state index in [2.05, 4.69) is 13.8 Å². The molecule has 120 valence electrons. The minimum absolute atomic E-state index is 0.138. The van der Waals surface area contributed by atoms with Crippen LogP contribution in [0.3, 0.4) is 0 Å². The van der Waals surface area contributed by atoms with Gasteiger partial charge in [0.15, 0.2) is 6.79 Å². The lowest BCUT2D eigenvalue weighted by Crippen LogP contribution is -2.49. The van der Waals surface area contributed by atoms with E-state index in [1.54, 1.807) is 0 Å². The van der Waals surface area contributed by atoms with Gasteiger partial charge in [0, 0.05) is 0 Å². The summed E-state index contributed by atoms with van der Waals surface area (Å²) in [5, 5.41) is 0. The fourth-order valence-corrected chi connectivity index (χ4v) is 4.74. The highest BCUT2D eigenvalue weighted by molar-refractivity contribution is 5.76. The number of carbonyl (C=O) groups is 1. The van der Waals surface area contributed by atoms with Crippen molar-refractivity contribution in [3.05, 3.63) is 0 Å². The van der Waals surface area contributed by atoms with Gasteiger partial charge in [0.2, 0.25) is 0 Å². The smallest absolute Gasteiger partial charge is 0.313 e. The second-order valence-electron chi connectivity index (χ2n) is 8.49. The van der Waals surface area contributed by atoms with Crippen molar-refractivity contribution >= 4 is 5.97 Å². The Balaban J connectivity index is 1.49. The van der Waals surface area contributed by atoms with E-state index in [-0.39, 0.29) is 18.7 Å². The van der Waals surface area contributed by atoms with E-state index in [9.17, 15) is 4.79 Å². The molecule has 4 saturated carbocycles. The first-order chi connectivity index (χ1) is 9.88. The van der Waals surface area contributed by atoms with Crippen molar-refractivity contribution < 1.29 is 14.3 Å². The number of hydrogen-bond donors (Lipinski definition) is 0. The van der Waals surface area contributed by atoms with Crippen molar-refractivity contribution in [2.24, 2.45) is 35.0 Å². The quantitative estimate of drug-likeness (QED) is 0.567. The summed E-state index contributed by atoms with van der Waals surface area (Å²) in [4.78, 5) is 12.2. The SMILES string of the molecule is CC(C)C(C)(C)C(=O)OCOC1C2CC3CC(C2)CC1C3. The van der Waals surface area contributed by atoms with Crippen molar-refractivity contribution in [1.29, 1.82) is 0 Å². The normalized spacial score (nSPS) is 38.0. The zero-order chi connectivity index (χ0) is 15.2. The van der Waals surface area contributed by atoms with Gasteiger partial charge in [-0.15, -0.1) is 0 Å². The van der Waals surface area contributed by atoms with Gasteiger partial charge >= 0.3 is 5.97 Å². The fourth-order valence-electron chi connectivity index (χ4n) is 4.74. The van der Waals surface area contributed by atoms with Crippen LogP contribution in [0.15, 0.2) is 0 Å². The van der Waals surface area contributed by atoms with Gasteiger partial charge in [0.05, 0.1) is 11.5 Å². The molecule has 4 bridgehead atoms. The minimum Gasteiger partial charge on any atom is -0.438 e. The molecule has 0 atom stereocenters. The molecule has 4 fully saturated rings. The molecule has 0 unspecified atom stereocenters. The molecule has 4 aliphatic carbocycles. The Kier molecular flexibility index (Phi) is 4.06. The highest BCUT2D eigenvalue weighted by atomic mass is 16.7. The summed E-state index contributed by atoms with van der Waals surface area (Å²) in [6.45, 7) is 8.15. The van der Waals surface area contributed by atoms with Crippen molar-refractivity contribution in [2.45, 2.75) is 65.9 Å². The van der Waals surface area contributed by atoms with Crippen LogP contribution in [0.5, 0.6) is 0 Å². The maximum Gasteiger partial charge on any atom is 0.313 e. The van der Waals surface area contributed by atoms with Crippen LogP contribution in [0.4, 0.5) is 0 Å². The molecule has 0 spiro atoms. The second kappa shape index (κ2) is 5.57. The Bertz CT molecular complexity index is 371. The number of rotatable bonds is 5. The number of esters is 1. The highest BCUT2D eigenvalue weighted by Gasteiger charge is 2.48. The lowest BCUT2D eigenvalue weighted by atomic mass is 9.55. The fraction of sp³-hybridized carbons (Fsp3) is 0.944. The van der Waals surface area contributed by atoms with Gasteiger partial charge in [-0.1, -0.05) is 13.8 Å².